The van der Waals surface area contributed by atoms with E-state index < -0.39 is 0 Å². The highest BCUT2D eigenvalue weighted by Gasteiger charge is 2.23. The molecule has 0 spiro atoms. The maximum absolute atomic E-state index is 12.7. The Balaban J connectivity index is 1.85. The molecule has 21 heavy (non-hydrogen) atoms. The summed E-state index contributed by atoms with van der Waals surface area (Å²) in [5, 5.41) is 5.14. The molecule has 0 fully saturated rings. The van der Waals surface area contributed by atoms with Gasteiger partial charge in [-0.15, -0.1) is 11.3 Å². The first kappa shape index (κ1) is 14.1. The molecule has 0 unspecified atom stereocenters. The van der Waals surface area contributed by atoms with Crippen LogP contribution in [-0.2, 0) is 19.4 Å². The lowest BCUT2D eigenvalue weighted by Gasteiger charge is -2.27. The second-order valence-electron chi connectivity index (χ2n) is 5.18. The van der Waals surface area contributed by atoms with Gasteiger partial charge >= 0.3 is 0 Å². The lowest BCUT2D eigenvalue weighted by atomic mass is 10.1. The highest BCUT2D eigenvalue weighted by Crippen LogP contribution is 2.25. The molecule has 2 aromatic heterocycles. The van der Waals surface area contributed by atoms with Crippen LogP contribution in [0.1, 0.15) is 33.4 Å². The normalized spacial score (nSPS) is 13.9. The third-order valence-electron chi connectivity index (χ3n) is 3.84. The van der Waals surface area contributed by atoms with E-state index in [1.54, 1.807) is 11.3 Å². The first-order valence-corrected chi connectivity index (χ1v) is 8.12. The fourth-order valence-corrected chi connectivity index (χ4v) is 3.51. The lowest BCUT2D eigenvalue weighted by molar-refractivity contribution is 0.0735. The van der Waals surface area contributed by atoms with Crippen molar-refractivity contribution in [3.8, 4) is 0 Å². The van der Waals surface area contributed by atoms with Crippen LogP contribution in [0.3, 0.4) is 0 Å². The summed E-state index contributed by atoms with van der Waals surface area (Å²) in [4.78, 5) is 20.5. The van der Waals surface area contributed by atoms with Crippen molar-refractivity contribution in [2.24, 2.45) is 0 Å². The summed E-state index contributed by atoms with van der Waals surface area (Å²) in [7, 11) is 1.83. The van der Waals surface area contributed by atoms with Crippen LogP contribution >= 0.6 is 11.3 Å². The summed E-state index contributed by atoms with van der Waals surface area (Å²) in [5.41, 5.74) is 2.96. The van der Waals surface area contributed by atoms with Gasteiger partial charge in [-0.3, -0.25) is 4.79 Å². The van der Waals surface area contributed by atoms with Crippen LogP contribution in [0.2, 0.25) is 0 Å². The summed E-state index contributed by atoms with van der Waals surface area (Å²) in [5.74, 6) is 0.853. The Bertz CT molecular complexity index is 643. The molecule has 0 saturated carbocycles. The molecule has 1 aliphatic heterocycles. The molecule has 0 saturated heterocycles. The number of nitrogens with zero attached hydrogens (tertiary/aromatic N) is 2. The summed E-state index contributed by atoms with van der Waals surface area (Å²) in [6.45, 7) is 3.57. The molecule has 5 heteroatoms. The van der Waals surface area contributed by atoms with Gasteiger partial charge in [0.05, 0.1) is 0 Å². The standard InChI is InChI=1S/C16H19N3OS/c1-3-13-8-12(9-15(17-2)18-13)16(20)19-6-4-14-11(10-19)5-7-21-14/h5,7-9H,3-4,6,10H2,1-2H3,(H,17,18). The number of thiophene rings is 1. The number of carbonyl (C=O) groups excluding carboxylic acids is 1. The number of fused-ring (bicyclic) bond motifs is 1. The number of aryl methyl sites for hydroxylation is 1. The maximum atomic E-state index is 12.7. The summed E-state index contributed by atoms with van der Waals surface area (Å²) in [6, 6.07) is 5.87. The van der Waals surface area contributed by atoms with Crippen LogP contribution in [0.25, 0.3) is 0 Å². The van der Waals surface area contributed by atoms with E-state index in [-0.39, 0.29) is 5.91 Å². The summed E-state index contributed by atoms with van der Waals surface area (Å²) >= 11 is 1.79. The van der Waals surface area contributed by atoms with E-state index in [0.717, 1.165) is 43.0 Å². The zero-order valence-corrected chi connectivity index (χ0v) is 13.2. The number of carbonyl (C=O) groups is 1. The molecule has 110 valence electrons. The average Bonchev–Trinajstić information content (AvgIpc) is 3.01. The van der Waals surface area contributed by atoms with Gasteiger partial charge in [0.25, 0.3) is 5.91 Å². The molecule has 2 aromatic rings. The van der Waals surface area contributed by atoms with Gasteiger partial charge in [-0.25, -0.2) is 4.98 Å². The molecule has 0 aromatic carbocycles. The van der Waals surface area contributed by atoms with E-state index >= 15 is 0 Å². The molecule has 1 aliphatic rings. The number of hydrogen-bond donors (Lipinski definition) is 1. The minimum absolute atomic E-state index is 0.0976. The molecule has 3 rings (SSSR count). The van der Waals surface area contributed by atoms with Crippen LogP contribution in [0.15, 0.2) is 23.6 Å². The summed E-state index contributed by atoms with van der Waals surface area (Å²) in [6.07, 6.45) is 1.79. The third kappa shape index (κ3) is 2.78. The van der Waals surface area contributed by atoms with Crippen molar-refractivity contribution in [1.82, 2.24) is 9.88 Å². The Labute approximate surface area is 128 Å². The topological polar surface area (TPSA) is 45.2 Å². The number of aromatic nitrogens is 1. The van der Waals surface area contributed by atoms with Crippen LogP contribution in [0.5, 0.6) is 0 Å². The van der Waals surface area contributed by atoms with Gasteiger partial charge in [-0.05, 0) is 42.0 Å². The Hall–Kier alpha value is -1.88. The van der Waals surface area contributed by atoms with Crippen molar-refractivity contribution in [2.75, 3.05) is 18.9 Å². The van der Waals surface area contributed by atoms with Gasteiger partial charge in [0.1, 0.15) is 5.82 Å². The van der Waals surface area contributed by atoms with E-state index in [4.69, 9.17) is 0 Å². The predicted octanol–water partition coefficient (Wildman–Crippen LogP) is 2.95. The van der Waals surface area contributed by atoms with Gasteiger partial charge < -0.3 is 10.2 Å². The Morgan fingerprint density at radius 2 is 2.33 bits per heavy atom. The van der Waals surface area contributed by atoms with Crippen LogP contribution in [0, 0.1) is 0 Å². The second-order valence-corrected chi connectivity index (χ2v) is 6.18. The Morgan fingerprint density at radius 3 is 3.10 bits per heavy atom. The smallest absolute Gasteiger partial charge is 0.254 e. The summed E-state index contributed by atoms with van der Waals surface area (Å²) < 4.78 is 0. The second kappa shape index (κ2) is 5.85. The van der Waals surface area contributed by atoms with Crippen molar-refractivity contribution in [2.45, 2.75) is 26.3 Å². The quantitative estimate of drug-likeness (QED) is 0.948. The van der Waals surface area contributed by atoms with Crippen molar-refractivity contribution < 1.29 is 4.79 Å². The molecule has 0 radical (unpaired) electrons. The zero-order chi connectivity index (χ0) is 14.8. The largest absolute Gasteiger partial charge is 0.373 e. The molecular formula is C16H19N3OS. The van der Waals surface area contributed by atoms with Crippen LogP contribution in [0.4, 0.5) is 5.82 Å². The molecule has 4 nitrogen and oxygen atoms in total. The van der Waals surface area contributed by atoms with Crippen molar-refractivity contribution in [3.05, 3.63) is 45.3 Å². The van der Waals surface area contributed by atoms with E-state index in [1.165, 1.54) is 10.4 Å². The predicted molar refractivity (Wildman–Crippen MR) is 85.9 cm³/mol. The van der Waals surface area contributed by atoms with Crippen molar-refractivity contribution >= 4 is 23.1 Å². The van der Waals surface area contributed by atoms with Crippen molar-refractivity contribution in [1.29, 1.82) is 0 Å². The highest BCUT2D eigenvalue weighted by atomic mass is 32.1. The number of rotatable bonds is 3. The van der Waals surface area contributed by atoms with Gasteiger partial charge in [-0.1, -0.05) is 6.92 Å². The minimum atomic E-state index is 0.0976. The van der Waals surface area contributed by atoms with E-state index in [9.17, 15) is 4.79 Å². The first-order valence-electron chi connectivity index (χ1n) is 7.24. The van der Waals surface area contributed by atoms with E-state index in [2.05, 4.69) is 28.7 Å². The lowest BCUT2D eigenvalue weighted by Crippen LogP contribution is -2.35. The molecule has 0 atom stereocenters. The van der Waals surface area contributed by atoms with Crippen molar-refractivity contribution in [3.63, 3.8) is 0 Å². The molecule has 1 N–H and O–H groups in total. The number of amides is 1. The Kier molecular flexibility index (Phi) is 3.92. The average molecular weight is 301 g/mol. The maximum Gasteiger partial charge on any atom is 0.254 e. The molecule has 3 heterocycles. The highest BCUT2D eigenvalue weighted by molar-refractivity contribution is 7.10. The molecule has 0 bridgehead atoms. The van der Waals surface area contributed by atoms with Crippen LogP contribution < -0.4 is 5.32 Å². The molecular weight excluding hydrogens is 282 g/mol. The molecule has 1 amide bonds. The SMILES string of the molecule is CCc1cc(C(=O)N2CCc3sccc3C2)cc(NC)n1. The first-order chi connectivity index (χ1) is 10.2. The monoisotopic (exact) mass is 301 g/mol. The van der Waals surface area contributed by atoms with Crippen LogP contribution in [-0.4, -0.2) is 29.4 Å². The van der Waals surface area contributed by atoms with Gasteiger partial charge in [0, 0.05) is 36.3 Å². The Morgan fingerprint density at radius 1 is 1.48 bits per heavy atom. The van der Waals surface area contributed by atoms with Gasteiger partial charge in [0.15, 0.2) is 0 Å². The van der Waals surface area contributed by atoms with Gasteiger partial charge in [0.2, 0.25) is 0 Å². The third-order valence-corrected chi connectivity index (χ3v) is 4.86. The van der Waals surface area contributed by atoms with E-state index in [1.807, 2.05) is 24.1 Å². The number of nitrogens with one attached hydrogen (secondary N) is 1. The van der Waals surface area contributed by atoms with E-state index in [0.29, 0.717) is 0 Å². The fraction of sp³-hybridized carbons (Fsp3) is 0.375. The van der Waals surface area contributed by atoms with Gasteiger partial charge in [-0.2, -0.15) is 0 Å². The minimum Gasteiger partial charge on any atom is -0.373 e. The molecule has 0 aliphatic carbocycles. The number of anilines is 1. The fourth-order valence-electron chi connectivity index (χ4n) is 2.62. The zero-order valence-electron chi connectivity index (χ0n) is 12.3. The number of hydrogen-bond acceptors (Lipinski definition) is 4. The number of pyridine rings is 1.